The minimum Gasteiger partial charge on any atom is -0.487 e. The standard InChI is InChI=1S/C28H39F2NO6/c29-28(30,23-36-26-16-8-4-9-17-26)20-19-25-15-7-3-6-14-24(25)13-5-1-2-10-18-27(32)35-21-11-12-22-37-31(33)34/h1,4-5,8-9,16-17,19-20,24-25H,2-3,6-7,10-15,18,21-23H2/b5-1-,20-19+. The number of esters is 1. The lowest BCUT2D eigenvalue weighted by molar-refractivity contribution is -0.757. The first-order valence-electron chi connectivity index (χ1n) is 13.2. The van der Waals surface area contributed by atoms with E-state index in [9.17, 15) is 23.7 Å². The van der Waals surface area contributed by atoms with Gasteiger partial charge in [-0.1, -0.05) is 55.7 Å². The summed E-state index contributed by atoms with van der Waals surface area (Å²) < 4.78 is 39.2. The minimum absolute atomic E-state index is 0.00190. The van der Waals surface area contributed by atoms with Crippen molar-refractivity contribution in [3.05, 3.63) is 64.8 Å². The highest BCUT2D eigenvalue weighted by atomic mass is 19.3. The van der Waals surface area contributed by atoms with Crippen molar-refractivity contribution >= 4 is 5.97 Å². The normalized spacial score (nSPS) is 18.5. The lowest BCUT2D eigenvalue weighted by Gasteiger charge is -2.22. The molecule has 0 N–H and O–H groups in total. The molecule has 2 atom stereocenters. The van der Waals surface area contributed by atoms with Crippen molar-refractivity contribution in [1.82, 2.24) is 0 Å². The fourth-order valence-electron chi connectivity index (χ4n) is 4.32. The monoisotopic (exact) mass is 523 g/mol. The predicted octanol–water partition coefficient (Wildman–Crippen LogP) is 7.10. The molecule has 1 aromatic rings. The van der Waals surface area contributed by atoms with E-state index >= 15 is 0 Å². The van der Waals surface area contributed by atoms with Crippen LogP contribution in [0.2, 0.25) is 0 Å². The lowest BCUT2D eigenvalue weighted by atomic mass is 9.84. The number of carbonyl (C=O) groups excluding carboxylic acids is 1. The molecule has 0 heterocycles. The van der Waals surface area contributed by atoms with Gasteiger partial charge in [0.05, 0.1) is 13.2 Å². The van der Waals surface area contributed by atoms with Crippen LogP contribution in [0.15, 0.2) is 54.6 Å². The van der Waals surface area contributed by atoms with E-state index in [4.69, 9.17) is 9.47 Å². The van der Waals surface area contributed by atoms with Crippen LogP contribution < -0.4 is 4.74 Å². The molecule has 1 aromatic carbocycles. The third-order valence-corrected chi connectivity index (χ3v) is 6.34. The third-order valence-electron chi connectivity index (χ3n) is 6.34. The number of hydrogen-bond donors (Lipinski definition) is 0. The van der Waals surface area contributed by atoms with Crippen molar-refractivity contribution < 1.29 is 33.0 Å². The second-order valence-corrected chi connectivity index (χ2v) is 9.37. The number of nitrogens with zero attached hydrogens (tertiary/aromatic N) is 1. The molecule has 2 unspecified atom stereocenters. The van der Waals surface area contributed by atoms with Crippen LogP contribution >= 0.6 is 0 Å². The summed E-state index contributed by atoms with van der Waals surface area (Å²) in [5.41, 5.74) is 0. The Kier molecular flexibility index (Phi) is 14.3. The molecule has 0 bridgehead atoms. The fourth-order valence-corrected chi connectivity index (χ4v) is 4.32. The maximum atomic E-state index is 14.4. The first kappa shape index (κ1) is 30.3. The largest absolute Gasteiger partial charge is 0.487 e. The first-order chi connectivity index (χ1) is 17.9. The zero-order valence-electron chi connectivity index (χ0n) is 21.4. The lowest BCUT2D eigenvalue weighted by Crippen LogP contribution is -2.23. The van der Waals surface area contributed by atoms with Crippen LogP contribution in [0.25, 0.3) is 0 Å². The highest BCUT2D eigenvalue weighted by Crippen LogP contribution is 2.33. The molecule has 7 nitrogen and oxygen atoms in total. The van der Waals surface area contributed by atoms with Gasteiger partial charge in [-0.25, -0.2) is 0 Å². The quantitative estimate of drug-likeness (QED) is 0.0540. The van der Waals surface area contributed by atoms with E-state index in [0.29, 0.717) is 37.4 Å². The van der Waals surface area contributed by atoms with E-state index in [1.165, 1.54) is 0 Å². The number of para-hydroxylation sites is 1. The number of rotatable bonds is 17. The summed E-state index contributed by atoms with van der Waals surface area (Å²) >= 11 is 0. The topological polar surface area (TPSA) is 87.9 Å². The van der Waals surface area contributed by atoms with Crippen LogP contribution in [0.3, 0.4) is 0 Å². The molecule has 0 spiro atoms. The number of carbonyl (C=O) groups is 1. The van der Waals surface area contributed by atoms with Gasteiger partial charge in [0.15, 0.2) is 6.61 Å². The Morgan fingerprint density at radius 3 is 2.59 bits per heavy atom. The molecule has 1 saturated carbocycles. The molecular formula is C28H39F2NO6. The Morgan fingerprint density at radius 1 is 1.05 bits per heavy atom. The van der Waals surface area contributed by atoms with Crippen LogP contribution in [0.1, 0.15) is 70.6 Å². The highest BCUT2D eigenvalue weighted by molar-refractivity contribution is 5.69. The molecule has 37 heavy (non-hydrogen) atoms. The maximum absolute atomic E-state index is 14.4. The Morgan fingerprint density at radius 2 is 1.81 bits per heavy atom. The number of benzene rings is 1. The number of ether oxygens (including phenoxy) is 2. The SMILES string of the molecule is O=C(CCC/C=C\CC1CCCCCC1/C=C/C(F)(F)COc1ccccc1)OCCCCO[N+](=O)[O-]. The molecule has 206 valence electrons. The van der Waals surface area contributed by atoms with E-state index in [2.05, 4.69) is 17.0 Å². The molecular weight excluding hydrogens is 484 g/mol. The van der Waals surface area contributed by atoms with Gasteiger partial charge in [-0.15, -0.1) is 10.1 Å². The van der Waals surface area contributed by atoms with Crippen molar-refractivity contribution in [3.8, 4) is 5.75 Å². The zero-order chi connectivity index (χ0) is 26.8. The Labute approximate surface area is 218 Å². The zero-order valence-corrected chi connectivity index (χ0v) is 21.4. The van der Waals surface area contributed by atoms with Gasteiger partial charge in [0.2, 0.25) is 0 Å². The molecule has 1 aliphatic rings. The number of halogens is 2. The molecule has 0 aliphatic heterocycles. The van der Waals surface area contributed by atoms with Crippen LogP contribution in [-0.4, -0.2) is 36.8 Å². The number of alkyl halides is 2. The predicted molar refractivity (Wildman–Crippen MR) is 137 cm³/mol. The van der Waals surface area contributed by atoms with E-state index in [1.807, 2.05) is 6.07 Å². The fraction of sp³-hybridized carbons (Fsp3) is 0.607. The summed E-state index contributed by atoms with van der Waals surface area (Å²) in [6.45, 7) is -0.453. The van der Waals surface area contributed by atoms with Gasteiger partial charge >= 0.3 is 5.97 Å². The van der Waals surface area contributed by atoms with Crippen molar-refractivity contribution in [2.24, 2.45) is 11.8 Å². The van der Waals surface area contributed by atoms with Gasteiger partial charge in [-0.2, -0.15) is 8.78 Å². The van der Waals surface area contributed by atoms with Crippen molar-refractivity contribution in [3.63, 3.8) is 0 Å². The third kappa shape index (κ3) is 14.4. The van der Waals surface area contributed by atoms with Crippen LogP contribution in [-0.2, 0) is 14.4 Å². The van der Waals surface area contributed by atoms with Gasteiger partial charge in [0, 0.05) is 6.42 Å². The van der Waals surface area contributed by atoms with Gasteiger partial charge in [-0.05, 0) is 75.0 Å². The first-order valence-corrected chi connectivity index (χ1v) is 13.2. The van der Waals surface area contributed by atoms with Gasteiger partial charge < -0.3 is 14.3 Å². The second kappa shape index (κ2) is 17.5. The summed E-state index contributed by atoms with van der Waals surface area (Å²) in [5, 5.41) is 9.20. The number of hydrogen-bond acceptors (Lipinski definition) is 6. The van der Waals surface area contributed by atoms with E-state index in [1.54, 1.807) is 30.3 Å². The van der Waals surface area contributed by atoms with E-state index in [0.717, 1.165) is 51.0 Å². The van der Waals surface area contributed by atoms with Gasteiger partial charge in [-0.3, -0.25) is 4.79 Å². The minimum atomic E-state index is -3.03. The second-order valence-electron chi connectivity index (χ2n) is 9.37. The number of unbranched alkanes of at least 4 members (excludes halogenated alkanes) is 2. The van der Waals surface area contributed by atoms with Crippen molar-refractivity contribution in [2.75, 3.05) is 19.8 Å². The van der Waals surface area contributed by atoms with Gasteiger partial charge in [0.25, 0.3) is 11.0 Å². The van der Waals surface area contributed by atoms with Crippen LogP contribution in [0, 0.1) is 22.0 Å². The number of allylic oxidation sites excluding steroid dienone is 3. The summed E-state index contributed by atoms with van der Waals surface area (Å²) in [5.74, 6) is -2.44. The maximum Gasteiger partial charge on any atom is 0.305 e. The summed E-state index contributed by atoms with van der Waals surface area (Å²) in [6.07, 6.45) is 15.6. The molecule has 0 amide bonds. The Bertz CT molecular complexity index is 846. The molecule has 0 aromatic heterocycles. The van der Waals surface area contributed by atoms with Crippen LogP contribution in [0.4, 0.5) is 8.78 Å². The molecule has 2 rings (SSSR count). The molecule has 0 saturated heterocycles. The summed E-state index contributed by atoms with van der Waals surface area (Å²) in [4.78, 5) is 26.0. The average molecular weight is 524 g/mol. The smallest absolute Gasteiger partial charge is 0.305 e. The van der Waals surface area contributed by atoms with Crippen molar-refractivity contribution in [2.45, 2.75) is 76.6 Å². The van der Waals surface area contributed by atoms with Crippen LogP contribution in [0.5, 0.6) is 5.75 Å². The Balaban J connectivity index is 1.67. The molecule has 1 aliphatic carbocycles. The van der Waals surface area contributed by atoms with Crippen molar-refractivity contribution in [1.29, 1.82) is 0 Å². The van der Waals surface area contributed by atoms with E-state index in [-0.39, 0.29) is 25.1 Å². The molecule has 1 fully saturated rings. The summed E-state index contributed by atoms with van der Waals surface area (Å²) in [7, 11) is 0. The van der Waals surface area contributed by atoms with Gasteiger partial charge in [0.1, 0.15) is 5.75 Å². The highest BCUT2D eigenvalue weighted by Gasteiger charge is 2.28. The summed E-state index contributed by atoms with van der Waals surface area (Å²) in [6, 6.07) is 8.64. The average Bonchev–Trinajstić information content (AvgIpc) is 3.11. The van der Waals surface area contributed by atoms with E-state index < -0.39 is 17.6 Å². The Hall–Kier alpha value is -2.97. The molecule has 0 radical (unpaired) electrons. The molecule has 9 heteroatoms.